The van der Waals surface area contributed by atoms with Gasteiger partial charge in [-0.15, -0.1) is 0 Å². The first-order chi connectivity index (χ1) is 10.3. The third-order valence-corrected chi connectivity index (χ3v) is 4.45. The second-order valence-corrected chi connectivity index (χ2v) is 6.89. The summed E-state index contributed by atoms with van der Waals surface area (Å²) >= 11 is 0. The molecular weight excluding hydrogens is 280 g/mol. The molecule has 0 amide bonds. The summed E-state index contributed by atoms with van der Waals surface area (Å²) < 4.78 is 5.39. The molecular formula is C18H24O4. The summed E-state index contributed by atoms with van der Waals surface area (Å²) in [6.45, 7) is 5.72. The number of ether oxygens (including phenoxy) is 1. The van der Waals surface area contributed by atoms with Crippen LogP contribution in [0, 0.1) is 5.41 Å². The molecule has 2 aliphatic rings. The summed E-state index contributed by atoms with van der Waals surface area (Å²) in [5.41, 5.74) is 1.59. The van der Waals surface area contributed by atoms with Crippen LogP contribution in [0.2, 0.25) is 0 Å². The molecule has 0 aromatic rings. The highest BCUT2D eigenvalue weighted by molar-refractivity contribution is 5.91. The zero-order chi connectivity index (χ0) is 16.3. The molecule has 0 aromatic carbocycles. The summed E-state index contributed by atoms with van der Waals surface area (Å²) in [7, 11) is 0. The van der Waals surface area contributed by atoms with Crippen molar-refractivity contribution in [1.29, 1.82) is 0 Å². The molecule has 1 heterocycles. The normalized spacial score (nSPS) is 28.1. The molecule has 120 valence electrons. The number of carbonyl (C=O) groups excluding carboxylic acids is 3. The predicted molar refractivity (Wildman–Crippen MR) is 83.2 cm³/mol. The van der Waals surface area contributed by atoms with Crippen LogP contribution in [0.25, 0.3) is 0 Å². The van der Waals surface area contributed by atoms with E-state index in [1.807, 2.05) is 26.8 Å². The van der Waals surface area contributed by atoms with Crippen molar-refractivity contribution in [1.82, 2.24) is 0 Å². The lowest BCUT2D eigenvalue weighted by Gasteiger charge is -2.35. The largest absolute Gasteiger partial charge is 0.462 e. The van der Waals surface area contributed by atoms with E-state index < -0.39 is 0 Å². The van der Waals surface area contributed by atoms with E-state index in [9.17, 15) is 14.4 Å². The van der Waals surface area contributed by atoms with Crippen LogP contribution in [0.3, 0.4) is 0 Å². The molecule has 4 heteroatoms. The average Bonchev–Trinajstić information content (AvgIpc) is 2.71. The molecule has 1 saturated carbocycles. The fraction of sp³-hybridized carbons (Fsp3) is 0.611. The van der Waals surface area contributed by atoms with Gasteiger partial charge in [0.25, 0.3) is 0 Å². The number of Topliss-reactive ketones (excluding diaryl/α,β-unsaturated/α-hetero) is 1. The lowest BCUT2D eigenvalue weighted by molar-refractivity contribution is -0.144. The number of esters is 1. The maximum absolute atomic E-state index is 11.8. The maximum atomic E-state index is 11.8. The van der Waals surface area contributed by atoms with E-state index in [4.69, 9.17) is 4.74 Å². The third-order valence-electron chi connectivity index (χ3n) is 4.45. The van der Waals surface area contributed by atoms with Crippen molar-refractivity contribution in [2.45, 2.75) is 65.4 Å². The smallest absolute Gasteiger partial charge is 0.306 e. The van der Waals surface area contributed by atoms with Gasteiger partial charge in [-0.25, -0.2) is 0 Å². The lowest BCUT2D eigenvalue weighted by Crippen LogP contribution is -2.37. The number of rotatable bonds is 5. The highest BCUT2D eigenvalue weighted by Gasteiger charge is 2.51. The van der Waals surface area contributed by atoms with Crippen molar-refractivity contribution in [2.75, 3.05) is 0 Å². The van der Waals surface area contributed by atoms with Crippen molar-refractivity contribution in [3.05, 3.63) is 23.3 Å². The summed E-state index contributed by atoms with van der Waals surface area (Å²) in [6, 6.07) is 0. The second kappa shape index (κ2) is 6.59. The van der Waals surface area contributed by atoms with E-state index >= 15 is 0 Å². The Hall–Kier alpha value is -1.71. The highest BCUT2D eigenvalue weighted by atomic mass is 16.6. The number of carbonyl (C=O) groups is 3. The molecule has 2 fully saturated rings. The molecule has 2 rings (SSSR count). The van der Waals surface area contributed by atoms with Crippen LogP contribution >= 0.6 is 0 Å². The molecule has 0 spiro atoms. The minimum absolute atomic E-state index is 0.0845. The molecule has 4 nitrogen and oxygen atoms in total. The Morgan fingerprint density at radius 3 is 2.68 bits per heavy atom. The van der Waals surface area contributed by atoms with E-state index in [0.29, 0.717) is 38.5 Å². The van der Waals surface area contributed by atoms with Gasteiger partial charge in [0.2, 0.25) is 0 Å². The molecule has 22 heavy (non-hydrogen) atoms. The highest BCUT2D eigenvalue weighted by Crippen LogP contribution is 2.47. The van der Waals surface area contributed by atoms with Gasteiger partial charge in [-0.1, -0.05) is 17.2 Å². The van der Waals surface area contributed by atoms with Gasteiger partial charge >= 0.3 is 5.97 Å². The van der Waals surface area contributed by atoms with E-state index in [-0.39, 0.29) is 29.1 Å². The molecule has 0 aromatic heterocycles. The third kappa shape index (κ3) is 3.93. The molecule has 0 N–H and O–H groups in total. The minimum Gasteiger partial charge on any atom is -0.462 e. The predicted octanol–water partition coefficient (Wildman–Crippen LogP) is 3.30. The Balaban J connectivity index is 2.05. The molecule has 1 aliphatic heterocycles. The number of allylic oxidation sites excluding steroid dienone is 4. The molecule has 1 aliphatic carbocycles. The fourth-order valence-corrected chi connectivity index (χ4v) is 3.41. The van der Waals surface area contributed by atoms with Gasteiger partial charge in [0.05, 0.1) is 6.42 Å². The van der Waals surface area contributed by atoms with E-state index in [1.54, 1.807) is 6.08 Å². The Labute approximate surface area is 131 Å². The van der Waals surface area contributed by atoms with Crippen molar-refractivity contribution < 1.29 is 19.1 Å². The summed E-state index contributed by atoms with van der Waals surface area (Å²) in [6.07, 6.45) is 6.38. The molecule has 2 atom stereocenters. The molecule has 1 saturated heterocycles. The van der Waals surface area contributed by atoms with Crippen LogP contribution in [0.1, 0.15) is 59.3 Å². The van der Waals surface area contributed by atoms with Gasteiger partial charge in [0.15, 0.2) is 5.78 Å². The van der Waals surface area contributed by atoms with Gasteiger partial charge in [0, 0.05) is 24.7 Å². The molecule has 2 unspecified atom stereocenters. The van der Waals surface area contributed by atoms with Crippen molar-refractivity contribution in [2.24, 2.45) is 5.41 Å². The molecule has 0 bridgehead atoms. The summed E-state index contributed by atoms with van der Waals surface area (Å²) in [5.74, 6) is 0.0915. The number of hydrogen-bond donors (Lipinski definition) is 0. The Bertz CT molecular complexity index is 549. The summed E-state index contributed by atoms with van der Waals surface area (Å²) in [4.78, 5) is 35.3. The van der Waals surface area contributed by atoms with Crippen LogP contribution in [-0.4, -0.2) is 23.6 Å². The van der Waals surface area contributed by atoms with Gasteiger partial charge in [-0.3, -0.25) is 14.4 Å². The fourth-order valence-electron chi connectivity index (χ4n) is 3.41. The van der Waals surface area contributed by atoms with Crippen molar-refractivity contribution in [3.8, 4) is 0 Å². The first-order valence-corrected chi connectivity index (χ1v) is 7.85. The van der Waals surface area contributed by atoms with Gasteiger partial charge in [0.1, 0.15) is 11.9 Å². The Morgan fingerprint density at radius 2 is 2.00 bits per heavy atom. The topological polar surface area (TPSA) is 60.4 Å². The Kier molecular flexibility index (Phi) is 4.99. The van der Waals surface area contributed by atoms with Crippen LogP contribution in [-0.2, 0) is 19.1 Å². The quantitative estimate of drug-likeness (QED) is 0.444. The lowest BCUT2D eigenvalue weighted by atomic mass is 9.68. The van der Waals surface area contributed by atoms with Crippen LogP contribution in [0.4, 0.5) is 0 Å². The Morgan fingerprint density at radius 1 is 1.27 bits per heavy atom. The minimum atomic E-state index is -0.382. The maximum Gasteiger partial charge on any atom is 0.306 e. The van der Waals surface area contributed by atoms with E-state index in [1.165, 1.54) is 0 Å². The number of ketones is 2. The first kappa shape index (κ1) is 16.7. The van der Waals surface area contributed by atoms with Gasteiger partial charge in [-0.05, 0) is 39.7 Å². The van der Waals surface area contributed by atoms with Crippen molar-refractivity contribution >= 4 is 17.5 Å². The van der Waals surface area contributed by atoms with Crippen LogP contribution in [0.5, 0.6) is 0 Å². The van der Waals surface area contributed by atoms with Crippen molar-refractivity contribution in [3.63, 3.8) is 0 Å². The monoisotopic (exact) mass is 304 g/mol. The zero-order valence-electron chi connectivity index (χ0n) is 13.6. The SMILES string of the molecule is CC(C)=CC(=O)C/C(C)=C/CC12CC(=O)CCC1OC(=O)C2. The van der Waals surface area contributed by atoms with Crippen LogP contribution in [0.15, 0.2) is 23.3 Å². The zero-order valence-corrected chi connectivity index (χ0v) is 13.6. The standard InChI is InChI=1S/C18H24O4/c1-12(2)8-15(20)9-13(3)6-7-18-10-14(19)4-5-16(18)22-17(21)11-18/h6,8,16H,4-5,7,9-11H2,1-3H3/b13-6+. The van der Waals surface area contributed by atoms with Gasteiger partial charge < -0.3 is 4.74 Å². The number of hydrogen-bond acceptors (Lipinski definition) is 4. The van der Waals surface area contributed by atoms with Gasteiger partial charge in [-0.2, -0.15) is 0 Å². The van der Waals surface area contributed by atoms with Crippen LogP contribution < -0.4 is 0 Å². The molecule has 0 radical (unpaired) electrons. The van der Waals surface area contributed by atoms with E-state index in [0.717, 1.165) is 11.1 Å². The second-order valence-electron chi connectivity index (χ2n) is 6.89. The average molecular weight is 304 g/mol. The summed E-state index contributed by atoms with van der Waals surface area (Å²) in [5, 5.41) is 0. The number of fused-ring (bicyclic) bond motifs is 1. The van der Waals surface area contributed by atoms with E-state index in [2.05, 4.69) is 0 Å². The first-order valence-electron chi connectivity index (χ1n) is 7.85.